The molecule has 0 radical (unpaired) electrons. The van der Waals surface area contributed by atoms with Gasteiger partial charge in [-0.3, -0.25) is 0 Å². The lowest BCUT2D eigenvalue weighted by Gasteiger charge is -2.55. The number of hydrogen-bond acceptors (Lipinski definition) is 8. The van der Waals surface area contributed by atoms with Gasteiger partial charge in [-0.1, -0.05) is 0 Å². The van der Waals surface area contributed by atoms with E-state index in [1.807, 2.05) is 6.07 Å². The first-order chi connectivity index (χ1) is 16.1. The van der Waals surface area contributed by atoms with E-state index in [0.717, 1.165) is 44.1 Å². The summed E-state index contributed by atoms with van der Waals surface area (Å²) in [7, 11) is 1.56. The van der Waals surface area contributed by atoms with Crippen LogP contribution in [-0.2, 0) is 10.9 Å². The Morgan fingerprint density at radius 2 is 1.88 bits per heavy atom. The van der Waals surface area contributed by atoms with Crippen molar-refractivity contribution in [1.29, 1.82) is 0 Å². The molecule has 2 aromatic heterocycles. The van der Waals surface area contributed by atoms with Gasteiger partial charge in [0.15, 0.2) is 5.65 Å². The van der Waals surface area contributed by atoms with Crippen LogP contribution in [0.5, 0.6) is 5.88 Å². The van der Waals surface area contributed by atoms with Gasteiger partial charge < -0.3 is 25.4 Å². The van der Waals surface area contributed by atoms with Crippen LogP contribution in [-0.4, -0.2) is 48.4 Å². The van der Waals surface area contributed by atoms with E-state index in [0.29, 0.717) is 34.1 Å². The van der Waals surface area contributed by atoms with E-state index < -0.39 is 17.8 Å². The molecule has 2 aliphatic rings. The van der Waals surface area contributed by atoms with Gasteiger partial charge in [0.25, 0.3) is 0 Å². The highest BCUT2D eigenvalue weighted by Crippen LogP contribution is 2.44. The normalized spacial score (nSPS) is 17.9. The molecule has 2 fully saturated rings. The Morgan fingerprint density at radius 1 is 1.15 bits per heavy atom. The molecule has 8 nitrogen and oxygen atoms in total. The number of fused-ring (bicyclic) bond motifs is 1. The van der Waals surface area contributed by atoms with Gasteiger partial charge in [-0.15, -0.1) is 0 Å². The molecule has 34 heavy (non-hydrogen) atoms. The number of methoxy groups -OCH3 is 1. The number of anilines is 3. The standard InChI is InChI=1S/C23H25F3N6O2/c1-12(14-4-15(23(24,25)26)6-16(27)5-14)28-19-17-7-18(32-8-22(9-32)10-34-11-22)21(33-3)31-20(17)30-13(2)29-19/h4-7,12H,8-11,27H2,1-3H3,(H,28,29,30,31)/t12-/m1/s1. The summed E-state index contributed by atoms with van der Waals surface area (Å²) in [6, 6.07) is 4.96. The highest BCUT2D eigenvalue weighted by atomic mass is 19.4. The third-order valence-corrected chi connectivity index (χ3v) is 6.31. The van der Waals surface area contributed by atoms with Crippen LogP contribution in [0.25, 0.3) is 11.0 Å². The Morgan fingerprint density at radius 3 is 2.50 bits per heavy atom. The highest BCUT2D eigenvalue weighted by molar-refractivity contribution is 5.91. The minimum Gasteiger partial charge on any atom is -0.479 e. The average molecular weight is 474 g/mol. The van der Waals surface area contributed by atoms with Gasteiger partial charge in [-0.25, -0.2) is 9.97 Å². The van der Waals surface area contributed by atoms with E-state index in [2.05, 4.69) is 25.2 Å². The molecule has 1 atom stereocenters. The Kier molecular flexibility index (Phi) is 5.19. The van der Waals surface area contributed by atoms with Crippen LogP contribution in [0.1, 0.15) is 29.9 Å². The van der Waals surface area contributed by atoms with Crippen molar-refractivity contribution >= 4 is 28.2 Å². The van der Waals surface area contributed by atoms with Crippen molar-refractivity contribution in [1.82, 2.24) is 15.0 Å². The minimum absolute atomic E-state index is 0.0441. The number of nitrogens with two attached hydrogens (primary N) is 1. The lowest BCUT2D eigenvalue weighted by atomic mass is 9.78. The van der Waals surface area contributed by atoms with Crippen LogP contribution in [0.15, 0.2) is 24.3 Å². The molecule has 2 aliphatic heterocycles. The van der Waals surface area contributed by atoms with Gasteiger partial charge in [-0.2, -0.15) is 18.2 Å². The van der Waals surface area contributed by atoms with Gasteiger partial charge in [0.05, 0.1) is 42.7 Å². The quantitative estimate of drug-likeness (QED) is 0.537. The van der Waals surface area contributed by atoms with E-state index in [-0.39, 0.29) is 11.1 Å². The van der Waals surface area contributed by atoms with Crippen molar-refractivity contribution in [3.05, 3.63) is 41.2 Å². The Labute approximate surface area is 194 Å². The zero-order valence-corrected chi connectivity index (χ0v) is 19.0. The van der Waals surface area contributed by atoms with E-state index in [1.54, 1.807) is 21.0 Å². The topological polar surface area (TPSA) is 98.4 Å². The van der Waals surface area contributed by atoms with Gasteiger partial charge in [0, 0.05) is 18.8 Å². The first-order valence-electron chi connectivity index (χ1n) is 10.9. The molecule has 1 aromatic carbocycles. The largest absolute Gasteiger partial charge is 0.479 e. The number of benzene rings is 1. The number of ether oxygens (including phenoxy) is 2. The molecule has 11 heteroatoms. The maximum Gasteiger partial charge on any atom is 0.416 e. The Hall–Kier alpha value is -3.34. The van der Waals surface area contributed by atoms with Crippen LogP contribution in [0.4, 0.5) is 30.4 Å². The summed E-state index contributed by atoms with van der Waals surface area (Å²) in [5, 5.41) is 3.88. The summed E-state index contributed by atoms with van der Waals surface area (Å²) in [5.74, 6) is 1.41. The smallest absolute Gasteiger partial charge is 0.416 e. The number of nitrogens with zero attached hydrogens (tertiary/aromatic N) is 4. The van der Waals surface area contributed by atoms with Crippen molar-refractivity contribution in [2.24, 2.45) is 5.41 Å². The van der Waals surface area contributed by atoms with Gasteiger partial charge in [0.2, 0.25) is 5.88 Å². The van der Waals surface area contributed by atoms with E-state index in [1.165, 1.54) is 6.07 Å². The molecular formula is C23H25F3N6O2. The molecule has 0 amide bonds. The monoisotopic (exact) mass is 474 g/mol. The molecule has 3 aromatic rings. The van der Waals surface area contributed by atoms with E-state index in [4.69, 9.17) is 15.2 Å². The predicted octanol–water partition coefficient (Wildman–Crippen LogP) is 3.95. The Bertz CT molecular complexity index is 1250. The van der Waals surface area contributed by atoms with Crippen molar-refractivity contribution in [2.45, 2.75) is 26.1 Å². The van der Waals surface area contributed by atoms with E-state index in [9.17, 15) is 13.2 Å². The molecule has 0 bridgehead atoms. The second-order valence-electron chi connectivity index (χ2n) is 9.11. The SMILES string of the molecule is COc1nc2nc(C)nc(N[C@H](C)c3cc(N)cc(C(F)(F)F)c3)c2cc1N1CC2(COC2)C1. The second kappa shape index (κ2) is 7.86. The fourth-order valence-electron chi connectivity index (χ4n) is 4.51. The number of nitrogens with one attached hydrogen (secondary N) is 1. The molecule has 2 saturated heterocycles. The van der Waals surface area contributed by atoms with Gasteiger partial charge >= 0.3 is 6.18 Å². The maximum absolute atomic E-state index is 13.3. The summed E-state index contributed by atoms with van der Waals surface area (Å²) in [6.07, 6.45) is -4.49. The molecule has 0 aliphatic carbocycles. The molecule has 0 saturated carbocycles. The Balaban J connectivity index is 1.50. The van der Waals surface area contributed by atoms with Crippen molar-refractivity contribution in [2.75, 3.05) is 49.4 Å². The van der Waals surface area contributed by atoms with Crippen molar-refractivity contribution in [3.8, 4) is 5.88 Å². The number of halogens is 3. The first kappa shape index (κ1) is 22.5. The van der Waals surface area contributed by atoms with Gasteiger partial charge in [0.1, 0.15) is 17.3 Å². The summed E-state index contributed by atoms with van der Waals surface area (Å²) in [5.41, 5.74) is 6.86. The van der Waals surface area contributed by atoms with Crippen LogP contribution >= 0.6 is 0 Å². The lowest BCUT2D eigenvalue weighted by Crippen LogP contribution is -2.66. The van der Waals surface area contributed by atoms with Crippen LogP contribution in [0, 0.1) is 12.3 Å². The van der Waals surface area contributed by atoms with Crippen molar-refractivity contribution < 1.29 is 22.6 Å². The third-order valence-electron chi connectivity index (χ3n) is 6.31. The molecule has 1 spiro atoms. The van der Waals surface area contributed by atoms with Crippen molar-refractivity contribution in [3.63, 3.8) is 0 Å². The molecule has 0 unspecified atom stereocenters. The zero-order valence-electron chi connectivity index (χ0n) is 19.0. The van der Waals surface area contributed by atoms with Crippen LogP contribution in [0.3, 0.4) is 0 Å². The summed E-state index contributed by atoms with van der Waals surface area (Å²) in [6.45, 7) is 6.66. The number of aryl methyl sites for hydroxylation is 1. The molecule has 3 N–H and O–H groups in total. The zero-order chi connectivity index (χ0) is 24.3. The summed E-state index contributed by atoms with van der Waals surface area (Å²) >= 11 is 0. The van der Waals surface area contributed by atoms with Crippen LogP contribution < -0.4 is 20.7 Å². The minimum atomic E-state index is -4.49. The lowest BCUT2D eigenvalue weighted by molar-refractivity contribution is -0.137. The second-order valence-corrected chi connectivity index (χ2v) is 9.11. The summed E-state index contributed by atoms with van der Waals surface area (Å²) < 4.78 is 50.8. The number of aromatic nitrogens is 3. The predicted molar refractivity (Wildman–Crippen MR) is 122 cm³/mol. The fourth-order valence-corrected chi connectivity index (χ4v) is 4.51. The molecular weight excluding hydrogens is 449 g/mol. The summed E-state index contributed by atoms with van der Waals surface area (Å²) in [4.78, 5) is 15.7. The number of nitrogen functional groups attached to an aromatic ring is 1. The average Bonchev–Trinajstić information content (AvgIpc) is 2.70. The van der Waals surface area contributed by atoms with E-state index >= 15 is 0 Å². The maximum atomic E-state index is 13.3. The molecule has 5 rings (SSSR count). The first-order valence-corrected chi connectivity index (χ1v) is 10.9. The fraction of sp³-hybridized carbons (Fsp3) is 0.435. The molecule has 180 valence electrons. The number of pyridine rings is 1. The number of hydrogen-bond donors (Lipinski definition) is 2. The number of alkyl halides is 3. The van der Waals surface area contributed by atoms with Gasteiger partial charge in [-0.05, 0) is 43.7 Å². The molecule has 4 heterocycles. The van der Waals surface area contributed by atoms with Crippen LogP contribution in [0.2, 0.25) is 0 Å². The highest BCUT2D eigenvalue weighted by Gasteiger charge is 2.49. The number of rotatable bonds is 5. The third kappa shape index (κ3) is 3.93.